The van der Waals surface area contributed by atoms with Crippen molar-refractivity contribution in [1.29, 1.82) is 0 Å². The lowest BCUT2D eigenvalue weighted by atomic mass is 10.0. The average molecular weight is 380 g/mol. The Balaban J connectivity index is 1.73. The van der Waals surface area contributed by atoms with Crippen LogP contribution in [-0.2, 0) is 27.3 Å². The molecule has 2 amide bonds. The largest absolute Gasteiger partial charge is 0.480 e. The van der Waals surface area contributed by atoms with Crippen LogP contribution in [-0.4, -0.2) is 40.4 Å². The number of carboxylic acids is 1. The maximum absolute atomic E-state index is 12.9. The fourth-order valence-electron chi connectivity index (χ4n) is 3.45. The summed E-state index contributed by atoms with van der Waals surface area (Å²) in [6.45, 7) is 1.97. The zero-order chi connectivity index (χ0) is 20.1. The minimum Gasteiger partial charge on any atom is -0.480 e. The van der Waals surface area contributed by atoms with Crippen molar-refractivity contribution in [3.05, 3.63) is 65.7 Å². The van der Waals surface area contributed by atoms with Gasteiger partial charge in [0.05, 0.1) is 0 Å². The first-order valence-electron chi connectivity index (χ1n) is 9.42. The standard InChI is InChI=1S/C22H24N2O4/c1-16(22(27)28)24(15-17-7-3-2-4-8-17)21(26)13-14-23-19-10-6-5-9-18(19)11-12-20(23)25/h2-10,16H,11-15H2,1H3,(H,27,28). The second-order valence-electron chi connectivity index (χ2n) is 6.95. The molecule has 0 radical (unpaired) electrons. The molecule has 2 aromatic carbocycles. The molecule has 0 aliphatic carbocycles. The Kier molecular flexibility index (Phi) is 6.09. The summed E-state index contributed by atoms with van der Waals surface area (Å²) in [4.78, 5) is 39.8. The first kappa shape index (κ1) is 19.6. The molecule has 1 aliphatic heterocycles. The summed E-state index contributed by atoms with van der Waals surface area (Å²) in [5, 5.41) is 9.41. The summed E-state index contributed by atoms with van der Waals surface area (Å²) in [6.07, 6.45) is 1.20. The highest BCUT2D eigenvalue weighted by Gasteiger charge is 2.28. The third kappa shape index (κ3) is 4.39. The number of carboxylic acid groups (broad SMARTS) is 1. The number of amides is 2. The van der Waals surface area contributed by atoms with E-state index >= 15 is 0 Å². The van der Waals surface area contributed by atoms with E-state index in [1.54, 1.807) is 4.90 Å². The second-order valence-corrected chi connectivity index (χ2v) is 6.95. The van der Waals surface area contributed by atoms with Crippen molar-refractivity contribution in [3.63, 3.8) is 0 Å². The summed E-state index contributed by atoms with van der Waals surface area (Å²) < 4.78 is 0. The topological polar surface area (TPSA) is 77.9 Å². The molecule has 1 atom stereocenters. The van der Waals surface area contributed by atoms with Crippen molar-refractivity contribution in [2.75, 3.05) is 11.4 Å². The van der Waals surface area contributed by atoms with Gasteiger partial charge in [-0.25, -0.2) is 4.79 Å². The fraction of sp³-hybridized carbons (Fsp3) is 0.318. The van der Waals surface area contributed by atoms with Gasteiger partial charge in [-0.15, -0.1) is 0 Å². The van der Waals surface area contributed by atoms with E-state index in [2.05, 4.69) is 0 Å². The third-order valence-electron chi connectivity index (χ3n) is 5.08. The molecule has 2 aromatic rings. The lowest BCUT2D eigenvalue weighted by Crippen LogP contribution is -2.44. The highest BCUT2D eigenvalue weighted by Crippen LogP contribution is 2.27. The summed E-state index contributed by atoms with van der Waals surface area (Å²) in [7, 11) is 0. The van der Waals surface area contributed by atoms with E-state index in [0.717, 1.165) is 16.8 Å². The first-order valence-corrected chi connectivity index (χ1v) is 9.42. The molecular formula is C22H24N2O4. The lowest BCUT2D eigenvalue weighted by molar-refractivity contribution is -0.150. The van der Waals surface area contributed by atoms with Gasteiger partial charge in [0, 0.05) is 31.6 Å². The van der Waals surface area contributed by atoms with Crippen molar-refractivity contribution >= 4 is 23.5 Å². The molecule has 3 rings (SSSR count). The molecule has 28 heavy (non-hydrogen) atoms. The zero-order valence-electron chi connectivity index (χ0n) is 15.9. The molecule has 0 bridgehead atoms. The van der Waals surface area contributed by atoms with Crippen molar-refractivity contribution in [3.8, 4) is 0 Å². The lowest BCUT2D eigenvalue weighted by Gasteiger charge is -2.31. The van der Waals surface area contributed by atoms with E-state index in [1.807, 2.05) is 54.6 Å². The molecule has 1 N–H and O–H groups in total. The van der Waals surface area contributed by atoms with Crippen molar-refractivity contribution < 1.29 is 19.5 Å². The maximum Gasteiger partial charge on any atom is 0.326 e. The maximum atomic E-state index is 12.9. The fourth-order valence-corrected chi connectivity index (χ4v) is 3.45. The van der Waals surface area contributed by atoms with E-state index in [1.165, 1.54) is 11.8 Å². The molecular weight excluding hydrogens is 356 g/mol. The molecule has 0 fully saturated rings. The van der Waals surface area contributed by atoms with E-state index in [-0.39, 0.29) is 31.3 Å². The molecule has 0 saturated carbocycles. The van der Waals surface area contributed by atoms with Gasteiger partial charge in [0.1, 0.15) is 6.04 Å². The number of nitrogens with zero attached hydrogens (tertiary/aromatic N) is 2. The van der Waals surface area contributed by atoms with E-state index < -0.39 is 12.0 Å². The van der Waals surface area contributed by atoms with Crippen LogP contribution in [0.4, 0.5) is 5.69 Å². The quantitative estimate of drug-likeness (QED) is 0.801. The van der Waals surface area contributed by atoms with Gasteiger partial charge in [0.15, 0.2) is 0 Å². The number of carbonyl (C=O) groups excluding carboxylic acids is 2. The summed E-state index contributed by atoms with van der Waals surface area (Å²) >= 11 is 0. The van der Waals surface area contributed by atoms with Gasteiger partial charge >= 0.3 is 5.97 Å². The van der Waals surface area contributed by atoms with Crippen LogP contribution in [0.2, 0.25) is 0 Å². The van der Waals surface area contributed by atoms with Gasteiger partial charge in [0.25, 0.3) is 0 Å². The Morgan fingerprint density at radius 3 is 2.46 bits per heavy atom. The number of benzene rings is 2. The van der Waals surface area contributed by atoms with E-state index in [0.29, 0.717) is 12.8 Å². The number of aryl methyl sites for hydroxylation is 1. The van der Waals surface area contributed by atoms with Gasteiger partial charge in [-0.2, -0.15) is 0 Å². The Hall–Kier alpha value is -3.15. The SMILES string of the molecule is CC(C(=O)O)N(Cc1ccccc1)C(=O)CCN1C(=O)CCc2ccccc21. The second kappa shape index (κ2) is 8.69. The minimum absolute atomic E-state index is 0.00704. The van der Waals surface area contributed by atoms with E-state index in [9.17, 15) is 19.5 Å². The average Bonchev–Trinajstić information content (AvgIpc) is 2.71. The van der Waals surface area contributed by atoms with Crippen molar-refractivity contribution in [2.24, 2.45) is 0 Å². The first-order chi connectivity index (χ1) is 13.5. The number of carbonyl (C=O) groups is 3. The molecule has 146 valence electrons. The highest BCUT2D eigenvalue weighted by atomic mass is 16.4. The summed E-state index contributed by atoms with van der Waals surface area (Å²) in [5.74, 6) is -1.34. The van der Waals surface area contributed by atoms with Gasteiger partial charge in [-0.05, 0) is 30.5 Å². The highest BCUT2D eigenvalue weighted by molar-refractivity contribution is 5.97. The summed E-state index contributed by atoms with van der Waals surface area (Å²) in [6, 6.07) is 16.0. The third-order valence-corrected chi connectivity index (χ3v) is 5.08. The van der Waals surface area contributed by atoms with Gasteiger partial charge in [0.2, 0.25) is 11.8 Å². The van der Waals surface area contributed by atoms with Gasteiger partial charge in [-0.3, -0.25) is 9.59 Å². The number of anilines is 1. The normalized spacial score (nSPS) is 14.3. The summed E-state index contributed by atoms with van der Waals surface area (Å²) in [5.41, 5.74) is 2.80. The number of hydrogen-bond acceptors (Lipinski definition) is 3. The number of fused-ring (bicyclic) bond motifs is 1. The molecule has 6 nitrogen and oxygen atoms in total. The van der Waals surface area contributed by atoms with Crippen LogP contribution in [0.15, 0.2) is 54.6 Å². The Morgan fingerprint density at radius 2 is 1.75 bits per heavy atom. The van der Waals surface area contributed by atoms with Crippen LogP contribution in [0.3, 0.4) is 0 Å². The zero-order valence-corrected chi connectivity index (χ0v) is 15.9. The molecule has 0 aromatic heterocycles. The monoisotopic (exact) mass is 380 g/mol. The van der Waals surface area contributed by atoms with E-state index in [4.69, 9.17) is 0 Å². The molecule has 1 unspecified atom stereocenters. The van der Waals surface area contributed by atoms with Crippen LogP contribution in [0.5, 0.6) is 0 Å². The smallest absolute Gasteiger partial charge is 0.326 e. The number of rotatable bonds is 7. The minimum atomic E-state index is -1.05. The number of aliphatic carboxylic acids is 1. The van der Waals surface area contributed by atoms with Gasteiger partial charge in [-0.1, -0.05) is 48.5 Å². The van der Waals surface area contributed by atoms with Crippen molar-refractivity contribution in [2.45, 2.75) is 38.8 Å². The number of para-hydroxylation sites is 1. The molecule has 6 heteroatoms. The van der Waals surface area contributed by atoms with Crippen molar-refractivity contribution in [1.82, 2.24) is 4.90 Å². The Bertz CT molecular complexity index is 866. The van der Waals surface area contributed by atoms with Crippen LogP contribution < -0.4 is 4.90 Å². The van der Waals surface area contributed by atoms with Crippen LogP contribution in [0, 0.1) is 0 Å². The number of hydrogen-bond donors (Lipinski definition) is 1. The van der Waals surface area contributed by atoms with Crippen LogP contribution in [0.1, 0.15) is 30.9 Å². The Labute approximate surface area is 164 Å². The molecule has 0 saturated heterocycles. The molecule has 1 heterocycles. The van der Waals surface area contributed by atoms with Crippen LogP contribution in [0.25, 0.3) is 0 Å². The Morgan fingerprint density at radius 1 is 1.07 bits per heavy atom. The molecule has 0 spiro atoms. The van der Waals surface area contributed by atoms with Gasteiger partial charge < -0.3 is 14.9 Å². The molecule has 1 aliphatic rings. The van der Waals surface area contributed by atoms with Crippen LogP contribution >= 0.6 is 0 Å². The predicted molar refractivity (Wildman–Crippen MR) is 106 cm³/mol. The predicted octanol–water partition coefficient (Wildman–Crippen LogP) is 2.86.